The van der Waals surface area contributed by atoms with Crippen molar-refractivity contribution in [2.24, 2.45) is 0 Å². The Hall–Kier alpha value is -2.48. The Labute approximate surface area is 169 Å². The van der Waals surface area contributed by atoms with E-state index in [2.05, 4.69) is 10.0 Å². The Morgan fingerprint density at radius 2 is 1.46 bits per heavy atom. The highest BCUT2D eigenvalue weighted by molar-refractivity contribution is 7.91. The van der Waals surface area contributed by atoms with Gasteiger partial charge in [-0.25, -0.2) is 8.42 Å². The molecule has 28 heavy (non-hydrogen) atoms. The molecule has 1 heterocycles. The summed E-state index contributed by atoms with van der Waals surface area (Å²) in [6, 6.07) is 21.4. The molecule has 0 saturated carbocycles. The summed E-state index contributed by atoms with van der Waals surface area (Å²) in [7, 11) is -3.74. The van der Waals surface area contributed by atoms with Crippen molar-refractivity contribution in [1.82, 2.24) is 10.0 Å². The third kappa shape index (κ3) is 4.32. The van der Waals surface area contributed by atoms with Crippen LogP contribution in [0.3, 0.4) is 0 Å². The number of hydrogen-bond acceptors (Lipinski definition) is 4. The van der Waals surface area contributed by atoms with Crippen LogP contribution in [0.4, 0.5) is 0 Å². The summed E-state index contributed by atoms with van der Waals surface area (Å²) < 4.78 is 27.5. The molecular formula is C21H22N2O3S2. The first kappa shape index (κ1) is 20.3. The van der Waals surface area contributed by atoms with E-state index in [0.29, 0.717) is 0 Å². The molecule has 3 aromatic rings. The van der Waals surface area contributed by atoms with Gasteiger partial charge in [-0.1, -0.05) is 66.7 Å². The molecule has 146 valence electrons. The van der Waals surface area contributed by atoms with Crippen LogP contribution >= 0.6 is 11.3 Å². The van der Waals surface area contributed by atoms with Gasteiger partial charge in [0.05, 0.1) is 11.6 Å². The Kier molecular flexibility index (Phi) is 5.98. The first-order valence-corrected chi connectivity index (χ1v) is 11.2. The summed E-state index contributed by atoms with van der Waals surface area (Å²) in [6.45, 7) is 3.45. The van der Waals surface area contributed by atoms with Crippen molar-refractivity contribution in [2.45, 2.75) is 29.6 Å². The fourth-order valence-corrected chi connectivity index (χ4v) is 5.18. The fraction of sp³-hybridized carbons (Fsp3) is 0.190. The SMILES string of the molecule is CC(NS(=O)(=O)c1cccs1)C(=O)NC(C)(c1ccccc1)c1ccccc1. The van der Waals surface area contributed by atoms with Crippen molar-refractivity contribution < 1.29 is 13.2 Å². The van der Waals surface area contributed by atoms with E-state index in [4.69, 9.17) is 0 Å². The predicted molar refractivity (Wildman–Crippen MR) is 112 cm³/mol. The van der Waals surface area contributed by atoms with Crippen LogP contribution in [0.25, 0.3) is 0 Å². The second kappa shape index (κ2) is 8.26. The van der Waals surface area contributed by atoms with Crippen LogP contribution in [0.1, 0.15) is 25.0 Å². The summed E-state index contributed by atoms with van der Waals surface area (Å²) in [6.07, 6.45) is 0. The average molecular weight is 415 g/mol. The largest absolute Gasteiger partial charge is 0.341 e. The van der Waals surface area contributed by atoms with Crippen LogP contribution in [0.5, 0.6) is 0 Å². The third-order valence-corrected chi connectivity index (χ3v) is 7.50. The van der Waals surface area contributed by atoms with Crippen LogP contribution in [0.2, 0.25) is 0 Å². The van der Waals surface area contributed by atoms with E-state index in [9.17, 15) is 13.2 Å². The molecule has 0 aliphatic rings. The Bertz CT molecular complexity index is 979. The minimum Gasteiger partial charge on any atom is -0.341 e. The molecule has 1 aromatic heterocycles. The molecule has 7 heteroatoms. The number of hydrogen-bond donors (Lipinski definition) is 2. The van der Waals surface area contributed by atoms with Crippen molar-refractivity contribution in [2.75, 3.05) is 0 Å². The topological polar surface area (TPSA) is 75.3 Å². The van der Waals surface area contributed by atoms with Gasteiger partial charge in [0.2, 0.25) is 5.91 Å². The van der Waals surface area contributed by atoms with E-state index in [0.717, 1.165) is 22.5 Å². The molecule has 0 radical (unpaired) electrons. The van der Waals surface area contributed by atoms with Gasteiger partial charge < -0.3 is 5.32 Å². The Balaban J connectivity index is 1.86. The molecule has 0 aliphatic heterocycles. The fourth-order valence-electron chi connectivity index (χ4n) is 2.97. The number of carbonyl (C=O) groups excluding carboxylic acids is 1. The van der Waals surface area contributed by atoms with Crippen LogP contribution in [-0.4, -0.2) is 20.4 Å². The third-order valence-electron chi connectivity index (χ3n) is 4.56. The van der Waals surface area contributed by atoms with E-state index in [1.807, 2.05) is 67.6 Å². The van der Waals surface area contributed by atoms with Crippen molar-refractivity contribution in [3.63, 3.8) is 0 Å². The maximum Gasteiger partial charge on any atom is 0.250 e. The van der Waals surface area contributed by atoms with Gasteiger partial charge in [-0.15, -0.1) is 11.3 Å². The molecule has 5 nitrogen and oxygen atoms in total. The van der Waals surface area contributed by atoms with Gasteiger partial charge in [-0.2, -0.15) is 4.72 Å². The maximum absolute atomic E-state index is 12.9. The molecule has 0 spiro atoms. The highest BCUT2D eigenvalue weighted by Crippen LogP contribution is 2.29. The molecule has 1 unspecified atom stereocenters. The zero-order chi connectivity index (χ0) is 20.2. The lowest BCUT2D eigenvalue weighted by Gasteiger charge is -2.33. The number of benzene rings is 2. The van der Waals surface area contributed by atoms with E-state index in [1.165, 1.54) is 13.0 Å². The number of thiophene rings is 1. The molecule has 0 bridgehead atoms. The van der Waals surface area contributed by atoms with Gasteiger partial charge >= 0.3 is 0 Å². The van der Waals surface area contributed by atoms with Gasteiger partial charge in [0, 0.05) is 0 Å². The highest BCUT2D eigenvalue weighted by Gasteiger charge is 2.33. The zero-order valence-electron chi connectivity index (χ0n) is 15.6. The molecule has 3 rings (SSSR count). The first-order valence-electron chi connectivity index (χ1n) is 8.82. The van der Waals surface area contributed by atoms with Gasteiger partial charge in [-0.05, 0) is 36.4 Å². The molecule has 0 fully saturated rings. The maximum atomic E-state index is 12.9. The smallest absolute Gasteiger partial charge is 0.250 e. The molecular weight excluding hydrogens is 392 g/mol. The normalized spacial score (nSPS) is 13.1. The summed E-state index contributed by atoms with van der Waals surface area (Å²) in [5.74, 6) is -0.407. The lowest BCUT2D eigenvalue weighted by molar-refractivity contribution is -0.123. The van der Waals surface area contributed by atoms with Crippen molar-refractivity contribution in [3.8, 4) is 0 Å². The van der Waals surface area contributed by atoms with Crippen molar-refractivity contribution in [1.29, 1.82) is 0 Å². The standard InChI is InChI=1S/C21H22N2O3S2/c1-16(23-28(25,26)19-14-9-15-27-19)20(24)22-21(2,17-10-5-3-6-11-17)18-12-7-4-8-13-18/h3-16,23H,1-2H3,(H,22,24). The molecule has 1 amide bonds. The number of carbonyl (C=O) groups is 1. The number of nitrogens with one attached hydrogen (secondary N) is 2. The second-order valence-corrected chi connectivity index (χ2v) is 9.51. The van der Waals surface area contributed by atoms with E-state index >= 15 is 0 Å². The van der Waals surface area contributed by atoms with Crippen LogP contribution in [0, 0.1) is 0 Å². The monoisotopic (exact) mass is 414 g/mol. The molecule has 0 saturated heterocycles. The number of rotatable bonds is 7. The molecule has 2 aromatic carbocycles. The predicted octanol–water partition coefficient (Wildman–Crippen LogP) is 3.49. The number of sulfonamides is 1. The van der Waals surface area contributed by atoms with Gasteiger partial charge in [0.25, 0.3) is 10.0 Å². The number of amides is 1. The highest BCUT2D eigenvalue weighted by atomic mass is 32.2. The van der Waals surface area contributed by atoms with E-state index in [-0.39, 0.29) is 4.21 Å². The van der Waals surface area contributed by atoms with Crippen molar-refractivity contribution in [3.05, 3.63) is 89.3 Å². The van der Waals surface area contributed by atoms with Gasteiger partial charge in [-0.3, -0.25) is 4.79 Å². The molecule has 2 N–H and O–H groups in total. The minimum atomic E-state index is -3.74. The lowest BCUT2D eigenvalue weighted by atomic mass is 9.84. The second-order valence-electron chi connectivity index (χ2n) is 6.62. The minimum absolute atomic E-state index is 0.182. The van der Waals surface area contributed by atoms with Crippen LogP contribution < -0.4 is 10.0 Å². The summed E-state index contributed by atoms with van der Waals surface area (Å²) >= 11 is 1.11. The van der Waals surface area contributed by atoms with Crippen LogP contribution in [-0.2, 0) is 20.4 Å². The Morgan fingerprint density at radius 1 is 0.929 bits per heavy atom. The molecule has 0 aliphatic carbocycles. The summed E-state index contributed by atoms with van der Waals surface area (Å²) in [5, 5.41) is 4.71. The van der Waals surface area contributed by atoms with Gasteiger partial charge in [0.1, 0.15) is 4.21 Å². The quantitative estimate of drug-likeness (QED) is 0.621. The summed E-state index contributed by atoms with van der Waals surface area (Å²) in [5.41, 5.74) is 1.01. The zero-order valence-corrected chi connectivity index (χ0v) is 17.3. The van der Waals surface area contributed by atoms with E-state index in [1.54, 1.807) is 11.4 Å². The lowest BCUT2D eigenvalue weighted by Crippen LogP contribution is -2.52. The van der Waals surface area contributed by atoms with Gasteiger partial charge in [0.15, 0.2) is 0 Å². The summed E-state index contributed by atoms with van der Waals surface area (Å²) in [4.78, 5) is 12.9. The first-order chi connectivity index (χ1) is 13.3. The van der Waals surface area contributed by atoms with Crippen molar-refractivity contribution >= 4 is 27.3 Å². The average Bonchev–Trinajstić information content (AvgIpc) is 3.25. The van der Waals surface area contributed by atoms with E-state index < -0.39 is 27.5 Å². The van der Waals surface area contributed by atoms with Crippen LogP contribution in [0.15, 0.2) is 82.4 Å². The Morgan fingerprint density at radius 3 is 1.93 bits per heavy atom. The molecule has 1 atom stereocenters.